The molecule has 1 fully saturated rings. The van der Waals surface area contributed by atoms with E-state index >= 15 is 0 Å². The van der Waals surface area contributed by atoms with Crippen molar-refractivity contribution in [3.05, 3.63) is 34.2 Å². The van der Waals surface area contributed by atoms with Crippen molar-refractivity contribution in [2.45, 2.75) is 6.04 Å². The topological polar surface area (TPSA) is 83.2 Å². The van der Waals surface area contributed by atoms with Crippen LogP contribution in [0.25, 0.3) is 0 Å². The SMILES string of the molecule is O=C(NCC1COCCN1)c1ccc[nH]c1=O. The highest BCUT2D eigenvalue weighted by atomic mass is 16.5. The van der Waals surface area contributed by atoms with E-state index in [1.165, 1.54) is 12.3 Å². The Kier molecular flexibility index (Phi) is 3.89. The molecular weight excluding hydrogens is 222 g/mol. The molecule has 6 nitrogen and oxygen atoms in total. The summed E-state index contributed by atoms with van der Waals surface area (Å²) in [5.41, 5.74) is -0.248. The van der Waals surface area contributed by atoms with E-state index in [0.717, 1.165) is 6.54 Å². The Balaban J connectivity index is 1.89. The van der Waals surface area contributed by atoms with E-state index in [0.29, 0.717) is 19.8 Å². The standard InChI is InChI=1S/C11H15N3O3/c15-10-9(2-1-3-13-10)11(16)14-6-8-7-17-5-4-12-8/h1-3,8,12H,4-7H2,(H,13,15)(H,14,16). The first kappa shape index (κ1) is 11.8. The van der Waals surface area contributed by atoms with E-state index in [1.54, 1.807) is 6.07 Å². The lowest BCUT2D eigenvalue weighted by atomic mass is 10.2. The monoisotopic (exact) mass is 237 g/mol. The molecule has 1 amide bonds. The van der Waals surface area contributed by atoms with Crippen LogP contribution in [0.4, 0.5) is 0 Å². The molecule has 1 saturated heterocycles. The molecule has 1 aromatic heterocycles. The second-order valence-corrected chi connectivity index (χ2v) is 3.85. The van der Waals surface area contributed by atoms with Crippen LogP contribution in [0.2, 0.25) is 0 Å². The fraction of sp³-hybridized carbons (Fsp3) is 0.455. The summed E-state index contributed by atoms with van der Waals surface area (Å²) in [7, 11) is 0. The van der Waals surface area contributed by atoms with Crippen LogP contribution in [0.15, 0.2) is 23.1 Å². The summed E-state index contributed by atoms with van der Waals surface area (Å²) in [6.45, 7) is 2.51. The van der Waals surface area contributed by atoms with Crippen molar-refractivity contribution in [3.8, 4) is 0 Å². The number of nitrogens with one attached hydrogen (secondary N) is 3. The van der Waals surface area contributed by atoms with Gasteiger partial charge in [-0.3, -0.25) is 9.59 Å². The average Bonchev–Trinajstić information content (AvgIpc) is 2.38. The van der Waals surface area contributed by atoms with Gasteiger partial charge in [0.25, 0.3) is 11.5 Å². The van der Waals surface area contributed by atoms with Gasteiger partial charge in [-0.05, 0) is 12.1 Å². The van der Waals surface area contributed by atoms with Crippen LogP contribution in [-0.4, -0.2) is 43.2 Å². The number of morpholine rings is 1. The molecule has 1 unspecified atom stereocenters. The molecule has 0 bridgehead atoms. The summed E-state index contributed by atoms with van der Waals surface area (Å²) in [4.78, 5) is 25.5. The molecule has 0 aliphatic carbocycles. The quantitative estimate of drug-likeness (QED) is 0.636. The Bertz CT molecular complexity index is 438. The average molecular weight is 237 g/mol. The zero-order chi connectivity index (χ0) is 12.1. The van der Waals surface area contributed by atoms with Gasteiger partial charge in [0.05, 0.1) is 13.2 Å². The van der Waals surface area contributed by atoms with E-state index < -0.39 is 0 Å². The number of hydrogen-bond acceptors (Lipinski definition) is 4. The Morgan fingerprint density at radius 3 is 3.18 bits per heavy atom. The highest BCUT2D eigenvalue weighted by Gasteiger charge is 2.15. The van der Waals surface area contributed by atoms with Crippen molar-refractivity contribution in [1.29, 1.82) is 0 Å². The van der Waals surface area contributed by atoms with Crippen molar-refractivity contribution < 1.29 is 9.53 Å². The number of amides is 1. The Morgan fingerprint density at radius 2 is 2.47 bits per heavy atom. The van der Waals surface area contributed by atoms with Crippen molar-refractivity contribution in [3.63, 3.8) is 0 Å². The van der Waals surface area contributed by atoms with E-state index in [1.807, 2.05) is 0 Å². The first-order chi connectivity index (χ1) is 8.27. The van der Waals surface area contributed by atoms with Gasteiger partial charge in [0.1, 0.15) is 5.56 Å². The Labute approximate surface area is 98.4 Å². The predicted molar refractivity (Wildman–Crippen MR) is 62.0 cm³/mol. The minimum Gasteiger partial charge on any atom is -0.378 e. The van der Waals surface area contributed by atoms with Gasteiger partial charge >= 0.3 is 0 Å². The van der Waals surface area contributed by atoms with Crippen LogP contribution < -0.4 is 16.2 Å². The van der Waals surface area contributed by atoms with Crippen molar-refractivity contribution >= 4 is 5.91 Å². The third-order valence-electron chi connectivity index (χ3n) is 2.57. The van der Waals surface area contributed by atoms with Gasteiger partial charge in [-0.25, -0.2) is 0 Å². The minimum atomic E-state index is -0.377. The maximum atomic E-state index is 11.7. The highest BCUT2D eigenvalue weighted by molar-refractivity contribution is 5.93. The molecule has 2 heterocycles. The number of hydrogen-bond donors (Lipinski definition) is 3. The molecule has 6 heteroatoms. The molecule has 2 rings (SSSR count). The summed E-state index contributed by atoms with van der Waals surface area (Å²) >= 11 is 0. The molecular formula is C11H15N3O3. The van der Waals surface area contributed by atoms with Gasteiger partial charge in [-0.2, -0.15) is 0 Å². The van der Waals surface area contributed by atoms with Crippen molar-refractivity contribution in [2.75, 3.05) is 26.3 Å². The number of H-pyrrole nitrogens is 1. The number of rotatable bonds is 3. The smallest absolute Gasteiger partial charge is 0.260 e. The molecule has 0 spiro atoms. The first-order valence-electron chi connectivity index (χ1n) is 5.54. The van der Waals surface area contributed by atoms with Crippen LogP contribution in [0.1, 0.15) is 10.4 Å². The summed E-state index contributed by atoms with van der Waals surface area (Å²) in [6, 6.07) is 3.23. The van der Waals surface area contributed by atoms with Crippen LogP contribution in [0.5, 0.6) is 0 Å². The second kappa shape index (κ2) is 5.60. The highest BCUT2D eigenvalue weighted by Crippen LogP contribution is 1.93. The molecule has 0 saturated carbocycles. The van der Waals surface area contributed by atoms with Crippen molar-refractivity contribution in [1.82, 2.24) is 15.6 Å². The molecule has 17 heavy (non-hydrogen) atoms. The van der Waals surface area contributed by atoms with Crippen LogP contribution >= 0.6 is 0 Å². The lowest BCUT2D eigenvalue weighted by molar-refractivity contribution is 0.0734. The Hall–Kier alpha value is -1.66. The normalized spacial score (nSPS) is 19.9. The number of pyridine rings is 1. The maximum absolute atomic E-state index is 11.7. The molecule has 1 aliphatic rings. The zero-order valence-electron chi connectivity index (χ0n) is 9.36. The number of carbonyl (C=O) groups excluding carboxylic acids is 1. The maximum Gasteiger partial charge on any atom is 0.260 e. The summed E-state index contributed by atoms with van der Waals surface area (Å²) in [6.07, 6.45) is 1.50. The van der Waals surface area contributed by atoms with Gasteiger partial charge in [0.15, 0.2) is 0 Å². The van der Waals surface area contributed by atoms with Crippen LogP contribution in [0.3, 0.4) is 0 Å². The van der Waals surface area contributed by atoms with Gasteiger partial charge in [-0.1, -0.05) is 0 Å². The first-order valence-corrected chi connectivity index (χ1v) is 5.54. The second-order valence-electron chi connectivity index (χ2n) is 3.85. The number of ether oxygens (including phenoxy) is 1. The summed E-state index contributed by atoms with van der Waals surface area (Å²) in [5, 5.41) is 5.92. The van der Waals surface area contributed by atoms with Crippen molar-refractivity contribution in [2.24, 2.45) is 0 Å². The fourth-order valence-electron chi connectivity index (χ4n) is 1.66. The van der Waals surface area contributed by atoms with E-state index in [9.17, 15) is 9.59 Å². The molecule has 1 atom stereocenters. The van der Waals surface area contributed by atoms with E-state index in [4.69, 9.17) is 4.74 Å². The molecule has 3 N–H and O–H groups in total. The van der Waals surface area contributed by atoms with Gasteiger partial charge in [0, 0.05) is 25.3 Å². The van der Waals surface area contributed by atoms with Crippen LogP contribution in [0, 0.1) is 0 Å². The fourth-order valence-corrected chi connectivity index (χ4v) is 1.66. The third kappa shape index (κ3) is 3.15. The number of aromatic nitrogens is 1. The third-order valence-corrected chi connectivity index (χ3v) is 2.57. The number of aromatic amines is 1. The molecule has 0 radical (unpaired) electrons. The molecule has 0 aromatic carbocycles. The van der Waals surface area contributed by atoms with E-state index in [2.05, 4.69) is 15.6 Å². The van der Waals surface area contributed by atoms with Gasteiger partial charge in [0.2, 0.25) is 0 Å². The zero-order valence-corrected chi connectivity index (χ0v) is 9.36. The molecule has 1 aliphatic heterocycles. The lowest BCUT2D eigenvalue weighted by Crippen LogP contribution is -2.48. The summed E-state index contributed by atoms with van der Waals surface area (Å²) < 4.78 is 5.26. The van der Waals surface area contributed by atoms with Crippen LogP contribution in [-0.2, 0) is 4.74 Å². The lowest BCUT2D eigenvalue weighted by Gasteiger charge is -2.23. The molecule has 1 aromatic rings. The summed E-state index contributed by atoms with van der Waals surface area (Å²) in [5.74, 6) is -0.362. The number of carbonyl (C=O) groups is 1. The Morgan fingerprint density at radius 1 is 1.59 bits per heavy atom. The minimum absolute atomic E-state index is 0.107. The predicted octanol–water partition coefficient (Wildman–Crippen LogP) is -0.907. The van der Waals surface area contributed by atoms with Gasteiger partial charge in [-0.15, -0.1) is 0 Å². The largest absolute Gasteiger partial charge is 0.378 e. The van der Waals surface area contributed by atoms with Gasteiger partial charge < -0.3 is 20.4 Å². The molecule has 92 valence electrons. The van der Waals surface area contributed by atoms with E-state index in [-0.39, 0.29) is 23.1 Å².